The molecule has 0 aliphatic heterocycles. The highest BCUT2D eigenvalue weighted by molar-refractivity contribution is 7.80. The van der Waals surface area contributed by atoms with Gasteiger partial charge in [-0.05, 0) is 39.5 Å². The Morgan fingerprint density at radius 3 is 2.20 bits per heavy atom. The number of nitrogens with two attached hydrogens (primary N) is 1. The summed E-state index contributed by atoms with van der Waals surface area (Å²) >= 11 is 5.02. The number of thiocarbonyl (C=S) groups is 1. The van der Waals surface area contributed by atoms with Crippen LogP contribution in [0.4, 0.5) is 0 Å². The van der Waals surface area contributed by atoms with Gasteiger partial charge in [0.15, 0.2) is 0 Å². The van der Waals surface area contributed by atoms with Gasteiger partial charge in [0.25, 0.3) is 0 Å². The van der Waals surface area contributed by atoms with E-state index in [0.29, 0.717) is 10.9 Å². The number of hydrogen-bond donors (Lipinski definition) is 2. The molecule has 1 amide bonds. The lowest BCUT2D eigenvalue weighted by atomic mass is 9.61. The first kappa shape index (κ1) is 12.4. The average molecular weight is 228 g/mol. The summed E-state index contributed by atoms with van der Waals surface area (Å²) in [4.78, 5) is 12.4. The molecule has 1 rings (SSSR count). The zero-order valence-corrected chi connectivity index (χ0v) is 10.7. The Morgan fingerprint density at radius 1 is 1.47 bits per heavy atom. The van der Waals surface area contributed by atoms with Crippen molar-refractivity contribution in [2.75, 3.05) is 0 Å². The van der Waals surface area contributed by atoms with E-state index in [1.807, 2.05) is 20.8 Å². The summed E-state index contributed by atoms with van der Waals surface area (Å²) in [6, 6.07) is 0. The molecule has 1 saturated carbocycles. The van der Waals surface area contributed by atoms with E-state index in [-0.39, 0.29) is 11.4 Å². The summed E-state index contributed by atoms with van der Waals surface area (Å²) in [6.07, 6.45) is 1.56. The number of amides is 1. The number of carbonyl (C=O) groups is 1. The maximum Gasteiger partial charge on any atom is 0.233 e. The summed E-state index contributed by atoms with van der Waals surface area (Å²) in [5.41, 5.74) is 4.88. The van der Waals surface area contributed by atoms with Crippen molar-refractivity contribution in [3.8, 4) is 0 Å². The lowest BCUT2D eigenvalue weighted by Gasteiger charge is -2.45. The van der Waals surface area contributed by atoms with E-state index < -0.39 is 5.41 Å². The summed E-state index contributed by atoms with van der Waals surface area (Å²) < 4.78 is 0. The van der Waals surface area contributed by atoms with Crippen LogP contribution in [0.2, 0.25) is 0 Å². The number of nitrogens with one attached hydrogen (secondary N) is 1. The third-order valence-electron chi connectivity index (χ3n) is 2.79. The summed E-state index contributed by atoms with van der Waals surface area (Å²) in [6.45, 7) is 7.99. The fourth-order valence-electron chi connectivity index (χ4n) is 2.09. The highest BCUT2D eigenvalue weighted by Gasteiger charge is 2.51. The van der Waals surface area contributed by atoms with Gasteiger partial charge in [-0.1, -0.05) is 19.1 Å². The largest absolute Gasteiger partial charge is 0.392 e. The Hall–Kier alpha value is -0.640. The summed E-state index contributed by atoms with van der Waals surface area (Å²) in [5, 5.41) is 2.96. The molecular weight excluding hydrogens is 208 g/mol. The van der Waals surface area contributed by atoms with Gasteiger partial charge in [0.1, 0.15) is 0 Å². The molecule has 1 aliphatic carbocycles. The maximum atomic E-state index is 12.1. The first-order chi connectivity index (χ1) is 6.67. The van der Waals surface area contributed by atoms with E-state index >= 15 is 0 Å². The van der Waals surface area contributed by atoms with Gasteiger partial charge in [0.05, 0.1) is 10.4 Å². The van der Waals surface area contributed by atoms with E-state index in [1.165, 1.54) is 0 Å². The molecule has 0 radical (unpaired) electrons. The SMILES string of the molecule is CC1CC(C(=O)NC(C)(C)C)(C(N)=S)C1. The van der Waals surface area contributed by atoms with Gasteiger partial charge in [0.2, 0.25) is 5.91 Å². The van der Waals surface area contributed by atoms with Crippen LogP contribution in [0.15, 0.2) is 0 Å². The first-order valence-corrected chi connectivity index (χ1v) is 5.71. The van der Waals surface area contributed by atoms with Gasteiger partial charge < -0.3 is 11.1 Å². The standard InChI is InChI=1S/C11H20N2OS/c1-7-5-11(6-7,8(12)15)9(14)13-10(2,3)4/h7H,5-6H2,1-4H3,(H2,12,15)(H,13,14). The smallest absolute Gasteiger partial charge is 0.233 e. The van der Waals surface area contributed by atoms with Crippen molar-refractivity contribution < 1.29 is 4.79 Å². The number of carbonyl (C=O) groups excluding carboxylic acids is 1. The summed E-state index contributed by atoms with van der Waals surface area (Å²) in [7, 11) is 0. The van der Waals surface area contributed by atoms with Crippen LogP contribution in [0.3, 0.4) is 0 Å². The second-order valence-corrected chi connectivity index (χ2v) is 6.10. The van der Waals surface area contributed by atoms with E-state index in [9.17, 15) is 4.79 Å². The molecule has 3 N–H and O–H groups in total. The minimum atomic E-state index is -0.581. The number of hydrogen-bond acceptors (Lipinski definition) is 2. The van der Waals surface area contributed by atoms with Crippen molar-refractivity contribution in [3.63, 3.8) is 0 Å². The van der Waals surface area contributed by atoms with Gasteiger partial charge in [0, 0.05) is 5.54 Å². The molecule has 0 aromatic carbocycles. The fraction of sp³-hybridized carbons (Fsp3) is 0.818. The topological polar surface area (TPSA) is 55.1 Å². The van der Waals surface area contributed by atoms with E-state index in [0.717, 1.165) is 12.8 Å². The molecule has 0 spiro atoms. The minimum Gasteiger partial charge on any atom is -0.392 e. The van der Waals surface area contributed by atoms with Crippen LogP contribution in [0, 0.1) is 11.3 Å². The normalized spacial score (nSPS) is 30.5. The predicted octanol–water partition coefficient (Wildman–Crippen LogP) is 1.60. The number of rotatable bonds is 2. The summed E-state index contributed by atoms with van der Waals surface area (Å²) in [5.74, 6) is 0.526. The van der Waals surface area contributed by atoms with Gasteiger partial charge >= 0.3 is 0 Å². The lowest BCUT2D eigenvalue weighted by Crippen LogP contribution is -2.59. The van der Waals surface area contributed by atoms with Crippen LogP contribution in [0.25, 0.3) is 0 Å². The van der Waals surface area contributed by atoms with Crippen molar-refractivity contribution in [3.05, 3.63) is 0 Å². The Bertz CT molecular complexity index is 287. The molecule has 0 bridgehead atoms. The molecule has 1 fully saturated rings. The van der Waals surface area contributed by atoms with Crippen LogP contribution in [0.5, 0.6) is 0 Å². The molecule has 0 atom stereocenters. The molecule has 3 nitrogen and oxygen atoms in total. The molecule has 0 saturated heterocycles. The molecule has 15 heavy (non-hydrogen) atoms. The Labute approximate surface area is 96.8 Å². The van der Waals surface area contributed by atoms with Crippen LogP contribution >= 0.6 is 12.2 Å². The monoisotopic (exact) mass is 228 g/mol. The zero-order valence-electron chi connectivity index (χ0n) is 9.89. The molecule has 1 aliphatic rings. The average Bonchev–Trinajstić information content (AvgIpc) is 1.93. The highest BCUT2D eigenvalue weighted by Crippen LogP contribution is 2.46. The van der Waals surface area contributed by atoms with Crippen LogP contribution in [-0.4, -0.2) is 16.4 Å². The Balaban J connectivity index is 2.76. The predicted molar refractivity (Wildman–Crippen MR) is 65.5 cm³/mol. The minimum absolute atomic E-state index is 0.0133. The van der Waals surface area contributed by atoms with Crippen molar-refractivity contribution in [2.24, 2.45) is 17.1 Å². The molecule has 0 aromatic heterocycles. The molecular formula is C11H20N2OS. The Morgan fingerprint density at radius 2 is 1.93 bits per heavy atom. The third-order valence-corrected chi connectivity index (χ3v) is 3.18. The van der Waals surface area contributed by atoms with Gasteiger partial charge in [-0.2, -0.15) is 0 Å². The van der Waals surface area contributed by atoms with Crippen molar-refractivity contribution in [2.45, 2.75) is 46.1 Å². The van der Waals surface area contributed by atoms with Gasteiger partial charge in [-0.25, -0.2) is 0 Å². The van der Waals surface area contributed by atoms with Gasteiger partial charge in [-0.3, -0.25) is 4.79 Å². The van der Waals surface area contributed by atoms with E-state index in [2.05, 4.69) is 12.2 Å². The van der Waals surface area contributed by atoms with Crippen LogP contribution in [-0.2, 0) is 4.79 Å². The Kier molecular flexibility index (Phi) is 3.10. The molecule has 4 heteroatoms. The zero-order chi connectivity index (χ0) is 11.9. The fourth-order valence-corrected chi connectivity index (χ4v) is 2.35. The van der Waals surface area contributed by atoms with Crippen LogP contribution in [0.1, 0.15) is 40.5 Å². The van der Waals surface area contributed by atoms with Crippen molar-refractivity contribution in [1.29, 1.82) is 0 Å². The van der Waals surface area contributed by atoms with Gasteiger partial charge in [-0.15, -0.1) is 0 Å². The van der Waals surface area contributed by atoms with Crippen molar-refractivity contribution in [1.82, 2.24) is 5.32 Å². The molecule has 0 aromatic rings. The second-order valence-electron chi connectivity index (χ2n) is 5.66. The second kappa shape index (κ2) is 3.74. The van der Waals surface area contributed by atoms with E-state index in [4.69, 9.17) is 18.0 Å². The molecule has 0 heterocycles. The maximum absolute atomic E-state index is 12.1. The van der Waals surface area contributed by atoms with Crippen LogP contribution < -0.4 is 11.1 Å². The third kappa shape index (κ3) is 2.48. The highest BCUT2D eigenvalue weighted by atomic mass is 32.1. The molecule has 86 valence electrons. The quantitative estimate of drug-likeness (QED) is 0.706. The molecule has 0 unspecified atom stereocenters. The van der Waals surface area contributed by atoms with Crippen molar-refractivity contribution >= 4 is 23.1 Å². The first-order valence-electron chi connectivity index (χ1n) is 5.30. The lowest BCUT2D eigenvalue weighted by molar-refractivity contribution is -0.134. The van der Waals surface area contributed by atoms with E-state index in [1.54, 1.807) is 0 Å².